The summed E-state index contributed by atoms with van der Waals surface area (Å²) in [4.78, 5) is 30.5. The zero-order valence-electron chi connectivity index (χ0n) is 13.1. The van der Waals surface area contributed by atoms with Crippen LogP contribution in [0.15, 0.2) is 16.7 Å². The fraction of sp³-hybridized carbons (Fsp3) is 0.625. The van der Waals surface area contributed by atoms with Gasteiger partial charge in [0, 0.05) is 6.54 Å². The summed E-state index contributed by atoms with van der Waals surface area (Å²) in [6.45, 7) is 2.35. The predicted octanol–water partition coefficient (Wildman–Crippen LogP) is 2.10. The fourth-order valence-electron chi connectivity index (χ4n) is 3.47. The van der Waals surface area contributed by atoms with Crippen molar-refractivity contribution < 1.29 is 19.2 Å². The largest absolute Gasteiger partial charge is 0.481 e. The number of hydrogen-bond acceptors (Lipinski definition) is 5. The van der Waals surface area contributed by atoms with Crippen LogP contribution in [0.4, 0.5) is 0 Å². The van der Waals surface area contributed by atoms with Gasteiger partial charge in [-0.3, -0.25) is 9.59 Å². The minimum Gasteiger partial charge on any atom is -0.481 e. The summed E-state index contributed by atoms with van der Waals surface area (Å²) >= 11 is 0. The van der Waals surface area contributed by atoms with E-state index in [2.05, 4.69) is 10.1 Å². The number of allylic oxidation sites excluding steroid dienone is 2. The Morgan fingerprint density at radius 2 is 2.00 bits per heavy atom. The first-order valence-corrected chi connectivity index (χ1v) is 8.06. The number of nitrogens with zero attached hydrogens (tertiary/aromatic N) is 3. The number of rotatable bonds is 3. The summed E-state index contributed by atoms with van der Waals surface area (Å²) in [5.41, 5.74) is 0. The Hall–Kier alpha value is -2.18. The fourth-order valence-corrected chi connectivity index (χ4v) is 3.47. The number of carbonyl (C=O) groups excluding carboxylic acids is 1. The number of aromatic nitrogens is 2. The number of aliphatic carboxylic acids is 1. The molecule has 1 N–H and O–H groups in total. The third-order valence-electron chi connectivity index (χ3n) is 4.68. The van der Waals surface area contributed by atoms with E-state index in [1.165, 1.54) is 0 Å². The zero-order valence-corrected chi connectivity index (χ0v) is 13.1. The van der Waals surface area contributed by atoms with Crippen molar-refractivity contribution in [1.82, 2.24) is 15.0 Å². The summed E-state index contributed by atoms with van der Waals surface area (Å²) < 4.78 is 5.26. The van der Waals surface area contributed by atoms with Crippen LogP contribution >= 0.6 is 0 Å². The van der Waals surface area contributed by atoms with Gasteiger partial charge in [-0.05, 0) is 39.0 Å². The van der Waals surface area contributed by atoms with Crippen molar-refractivity contribution in [1.29, 1.82) is 0 Å². The molecule has 7 heteroatoms. The lowest BCUT2D eigenvalue weighted by Crippen LogP contribution is -2.45. The molecule has 124 valence electrons. The number of carboxylic acids is 1. The maximum Gasteiger partial charge on any atom is 0.307 e. The second kappa shape index (κ2) is 6.52. The molecule has 23 heavy (non-hydrogen) atoms. The lowest BCUT2D eigenvalue weighted by Gasteiger charge is -2.37. The smallest absolute Gasteiger partial charge is 0.307 e. The molecule has 1 saturated heterocycles. The average Bonchev–Trinajstić information content (AvgIpc) is 3.00. The van der Waals surface area contributed by atoms with E-state index in [-0.39, 0.29) is 11.9 Å². The second-order valence-corrected chi connectivity index (χ2v) is 6.22. The van der Waals surface area contributed by atoms with E-state index in [1.54, 1.807) is 11.8 Å². The van der Waals surface area contributed by atoms with E-state index in [0.29, 0.717) is 31.1 Å². The molecular formula is C16H21N3O4. The number of carbonyl (C=O) groups is 2. The van der Waals surface area contributed by atoms with E-state index in [9.17, 15) is 14.7 Å². The van der Waals surface area contributed by atoms with Crippen LogP contribution in [0, 0.1) is 18.8 Å². The molecule has 1 amide bonds. The van der Waals surface area contributed by atoms with E-state index < -0.39 is 17.8 Å². The van der Waals surface area contributed by atoms with Gasteiger partial charge in [0.25, 0.3) is 0 Å². The summed E-state index contributed by atoms with van der Waals surface area (Å²) in [6.07, 6.45) is 7.30. The van der Waals surface area contributed by atoms with E-state index in [4.69, 9.17) is 4.52 Å². The molecule has 1 aliphatic heterocycles. The molecule has 1 aromatic heterocycles. The number of piperidine rings is 1. The second-order valence-electron chi connectivity index (χ2n) is 6.22. The minimum absolute atomic E-state index is 0.109. The molecule has 3 rings (SSSR count). The molecule has 7 nitrogen and oxygen atoms in total. The number of aryl methyl sites for hydroxylation is 1. The number of likely N-dealkylation sites (tertiary alicyclic amines) is 1. The highest BCUT2D eigenvalue weighted by molar-refractivity contribution is 5.85. The number of carboxylic acid groups (broad SMARTS) is 1. The van der Waals surface area contributed by atoms with Gasteiger partial charge >= 0.3 is 5.97 Å². The Bertz CT molecular complexity index is 625. The van der Waals surface area contributed by atoms with E-state index in [0.717, 1.165) is 19.3 Å². The Balaban J connectivity index is 1.83. The molecule has 1 aromatic rings. The minimum atomic E-state index is -0.908. The highest BCUT2D eigenvalue weighted by atomic mass is 16.5. The van der Waals surface area contributed by atoms with Crippen molar-refractivity contribution in [2.75, 3.05) is 6.54 Å². The van der Waals surface area contributed by atoms with Crippen molar-refractivity contribution in [3.8, 4) is 0 Å². The van der Waals surface area contributed by atoms with Crippen LogP contribution in [0.25, 0.3) is 0 Å². The third-order valence-corrected chi connectivity index (χ3v) is 4.68. The van der Waals surface area contributed by atoms with Gasteiger partial charge in [-0.15, -0.1) is 0 Å². The van der Waals surface area contributed by atoms with Gasteiger partial charge in [-0.25, -0.2) is 0 Å². The van der Waals surface area contributed by atoms with Crippen LogP contribution in [-0.4, -0.2) is 38.6 Å². The molecule has 0 spiro atoms. The van der Waals surface area contributed by atoms with E-state index in [1.807, 2.05) is 12.2 Å². The van der Waals surface area contributed by atoms with Crippen LogP contribution in [0.5, 0.6) is 0 Å². The molecule has 0 bridgehead atoms. The molecule has 0 aromatic carbocycles. The molecule has 3 atom stereocenters. The van der Waals surface area contributed by atoms with Crippen molar-refractivity contribution >= 4 is 11.9 Å². The molecule has 0 saturated carbocycles. The summed E-state index contributed by atoms with van der Waals surface area (Å²) in [6, 6.07) is -0.238. The van der Waals surface area contributed by atoms with Crippen LogP contribution in [0.3, 0.4) is 0 Å². The third kappa shape index (κ3) is 3.13. The van der Waals surface area contributed by atoms with Crippen molar-refractivity contribution in [2.24, 2.45) is 11.8 Å². The lowest BCUT2D eigenvalue weighted by molar-refractivity contribution is -0.152. The van der Waals surface area contributed by atoms with Crippen LogP contribution in [0.2, 0.25) is 0 Å². The van der Waals surface area contributed by atoms with Gasteiger partial charge < -0.3 is 14.5 Å². The average molecular weight is 319 g/mol. The lowest BCUT2D eigenvalue weighted by atomic mass is 9.81. The van der Waals surface area contributed by atoms with Gasteiger partial charge in [0.1, 0.15) is 6.04 Å². The van der Waals surface area contributed by atoms with Crippen LogP contribution in [0.1, 0.15) is 49.9 Å². The SMILES string of the molecule is Cc1noc([C@@H]2CCCCN2C(=O)[C@@H]2CC=CC[C@H]2C(=O)O)n1. The summed E-state index contributed by atoms with van der Waals surface area (Å²) in [5, 5.41) is 13.2. The normalized spacial score (nSPS) is 27.9. The Labute approximate surface area is 134 Å². The van der Waals surface area contributed by atoms with Crippen molar-refractivity contribution in [2.45, 2.75) is 45.1 Å². The monoisotopic (exact) mass is 319 g/mol. The predicted molar refractivity (Wildman–Crippen MR) is 80.3 cm³/mol. The highest BCUT2D eigenvalue weighted by Crippen LogP contribution is 2.35. The topological polar surface area (TPSA) is 96.5 Å². The van der Waals surface area contributed by atoms with Gasteiger partial charge in [-0.2, -0.15) is 4.98 Å². The summed E-state index contributed by atoms with van der Waals surface area (Å²) in [5.74, 6) is -1.19. The first-order chi connectivity index (χ1) is 11.1. The van der Waals surface area contributed by atoms with Gasteiger partial charge in [0.15, 0.2) is 5.82 Å². The standard InChI is InChI=1S/C16H21N3O4/c1-10-17-14(23-18-10)13-8-4-5-9-19(13)15(20)11-6-2-3-7-12(11)16(21)22/h2-3,11-13H,4-9H2,1H3,(H,21,22)/t11-,12-,13+/m1/s1. The molecule has 0 unspecified atom stereocenters. The van der Waals surface area contributed by atoms with Crippen molar-refractivity contribution in [3.63, 3.8) is 0 Å². The summed E-state index contributed by atoms with van der Waals surface area (Å²) in [7, 11) is 0. The molecule has 2 aliphatic rings. The van der Waals surface area contributed by atoms with Crippen molar-refractivity contribution in [3.05, 3.63) is 23.9 Å². The van der Waals surface area contributed by atoms with Crippen LogP contribution in [-0.2, 0) is 9.59 Å². The van der Waals surface area contributed by atoms with E-state index >= 15 is 0 Å². The molecular weight excluding hydrogens is 298 g/mol. The van der Waals surface area contributed by atoms with Gasteiger partial charge in [0.05, 0.1) is 11.8 Å². The van der Waals surface area contributed by atoms with Gasteiger partial charge in [0.2, 0.25) is 11.8 Å². The number of amides is 1. The Morgan fingerprint density at radius 1 is 1.26 bits per heavy atom. The molecule has 0 radical (unpaired) electrons. The first-order valence-electron chi connectivity index (χ1n) is 8.06. The highest BCUT2D eigenvalue weighted by Gasteiger charge is 2.40. The van der Waals surface area contributed by atoms with Gasteiger partial charge in [-0.1, -0.05) is 17.3 Å². The first kappa shape index (κ1) is 15.7. The molecule has 2 heterocycles. The molecule has 1 aliphatic carbocycles. The zero-order chi connectivity index (χ0) is 16.4. The molecule has 1 fully saturated rings. The Morgan fingerprint density at radius 3 is 2.65 bits per heavy atom. The number of hydrogen-bond donors (Lipinski definition) is 1. The Kier molecular flexibility index (Phi) is 4.45. The van der Waals surface area contributed by atoms with Crippen LogP contribution < -0.4 is 0 Å². The quantitative estimate of drug-likeness (QED) is 0.857. The maximum absolute atomic E-state index is 13.0. The maximum atomic E-state index is 13.0.